The van der Waals surface area contributed by atoms with Crippen molar-refractivity contribution in [2.45, 2.75) is 26.4 Å². The average Bonchev–Trinajstić information content (AvgIpc) is 3.58. The highest BCUT2D eigenvalue weighted by atomic mass is 16.5. The molecule has 2 aromatic heterocycles. The molecule has 10 heteroatoms. The molecule has 0 saturated carbocycles. The molecule has 0 bridgehead atoms. The van der Waals surface area contributed by atoms with Crippen molar-refractivity contribution in [1.29, 1.82) is 0 Å². The van der Waals surface area contributed by atoms with E-state index < -0.39 is 36.3 Å². The zero-order chi connectivity index (χ0) is 25.4. The topological polar surface area (TPSA) is 131 Å². The van der Waals surface area contributed by atoms with Crippen LogP contribution in [0.5, 0.6) is 0 Å². The summed E-state index contributed by atoms with van der Waals surface area (Å²) in [6.45, 7) is 3.09. The van der Waals surface area contributed by atoms with Crippen LogP contribution in [0.1, 0.15) is 40.5 Å². The van der Waals surface area contributed by atoms with Crippen molar-refractivity contribution in [3.8, 4) is 0 Å². The first kappa shape index (κ1) is 25.3. The lowest BCUT2D eigenvalue weighted by atomic mass is 10.0. The third-order valence-corrected chi connectivity index (χ3v) is 5.18. The monoisotopic (exact) mass is 481 g/mol. The molecule has 2 N–H and O–H groups in total. The molecule has 0 saturated heterocycles. The van der Waals surface area contributed by atoms with Crippen molar-refractivity contribution < 1.29 is 32.7 Å². The van der Waals surface area contributed by atoms with Gasteiger partial charge in [-0.1, -0.05) is 26.0 Å². The number of hydrogen-bond donors (Lipinski definition) is 2. The number of furan rings is 2. The Hall–Kier alpha value is -4.34. The summed E-state index contributed by atoms with van der Waals surface area (Å²) in [5.74, 6) is -1.92. The quantitative estimate of drug-likeness (QED) is 0.426. The van der Waals surface area contributed by atoms with E-state index in [0.717, 1.165) is 0 Å². The number of benzene rings is 1. The second-order valence-corrected chi connectivity index (χ2v) is 8.01. The summed E-state index contributed by atoms with van der Waals surface area (Å²) in [6, 6.07) is 12.1. The zero-order valence-corrected chi connectivity index (χ0v) is 19.6. The lowest BCUT2D eigenvalue weighted by molar-refractivity contribution is -0.150. The number of carbonyl (C=O) groups is 4. The molecule has 1 aromatic carbocycles. The summed E-state index contributed by atoms with van der Waals surface area (Å²) < 4.78 is 15.4. The van der Waals surface area contributed by atoms with Crippen LogP contribution in [-0.2, 0) is 20.9 Å². The van der Waals surface area contributed by atoms with Crippen molar-refractivity contribution in [3.05, 3.63) is 78.1 Å². The minimum absolute atomic E-state index is 0.0567. The van der Waals surface area contributed by atoms with Gasteiger partial charge in [0.1, 0.15) is 11.8 Å². The maximum Gasteiger partial charge on any atom is 0.329 e. The molecule has 35 heavy (non-hydrogen) atoms. The van der Waals surface area contributed by atoms with Gasteiger partial charge in [0, 0.05) is 7.05 Å². The lowest BCUT2D eigenvalue weighted by Crippen LogP contribution is -2.46. The van der Waals surface area contributed by atoms with Gasteiger partial charge in [0.2, 0.25) is 0 Å². The predicted molar refractivity (Wildman–Crippen MR) is 125 cm³/mol. The van der Waals surface area contributed by atoms with E-state index >= 15 is 0 Å². The maximum atomic E-state index is 12.8. The van der Waals surface area contributed by atoms with Crippen LogP contribution >= 0.6 is 0 Å². The van der Waals surface area contributed by atoms with E-state index in [1.165, 1.54) is 30.5 Å². The van der Waals surface area contributed by atoms with Gasteiger partial charge in [-0.3, -0.25) is 14.4 Å². The third kappa shape index (κ3) is 6.59. The van der Waals surface area contributed by atoms with Gasteiger partial charge in [0.25, 0.3) is 17.7 Å². The van der Waals surface area contributed by atoms with Crippen molar-refractivity contribution in [2.24, 2.45) is 5.92 Å². The molecule has 184 valence electrons. The maximum absolute atomic E-state index is 12.8. The molecule has 3 amide bonds. The number of anilines is 1. The molecule has 0 unspecified atom stereocenters. The van der Waals surface area contributed by atoms with E-state index in [9.17, 15) is 19.2 Å². The Kier molecular flexibility index (Phi) is 8.44. The number of rotatable bonds is 10. The van der Waals surface area contributed by atoms with Gasteiger partial charge in [0.15, 0.2) is 12.4 Å². The fourth-order valence-electron chi connectivity index (χ4n) is 3.21. The highest BCUT2D eigenvalue weighted by Crippen LogP contribution is 2.20. The van der Waals surface area contributed by atoms with Crippen LogP contribution in [0.4, 0.5) is 5.69 Å². The summed E-state index contributed by atoms with van der Waals surface area (Å²) in [5, 5.41) is 5.30. The van der Waals surface area contributed by atoms with E-state index in [0.29, 0.717) is 11.4 Å². The molecule has 3 aromatic rings. The first-order valence-corrected chi connectivity index (χ1v) is 10.9. The van der Waals surface area contributed by atoms with Gasteiger partial charge in [-0.05, 0) is 42.3 Å². The van der Waals surface area contributed by atoms with Gasteiger partial charge in [0.05, 0.1) is 30.3 Å². The summed E-state index contributed by atoms with van der Waals surface area (Å²) in [5.41, 5.74) is 0.615. The highest BCUT2D eigenvalue weighted by Gasteiger charge is 2.28. The summed E-state index contributed by atoms with van der Waals surface area (Å²) in [6.07, 6.45) is 2.86. The number of carbonyl (C=O) groups excluding carboxylic acids is 4. The van der Waals surface area contributed by atoms with Gasteiger partial charge >= 0.3 is 5.97 Å². The van der Waals surface area contributed by atoms with Crippen LogP contribution in [-0.4, -0.2) is 43.4 Å². The minimum atomic E-state index is -0.981. The number of likely N-dealkylation sites (N-methyl/N-ethyl adjacent to an activating group) is 1. The van der Waals surface area contributed by atoms with Crippen LogP contribution in [0.15, 0.2) is 69.9 Å². The highest BCUT2D eigenvalue weighted by molar-refractivity contribution is 6.05. The standard InChI is InChI=1S/C25H27N3O7/c1-16(2)22(27-24(31)20-11-7-13-34-20)25(32)35-15-21(29)28(3)19-10-5-4-9-18(19)23(30)26-14-17-8-6-12-33-17/h4-13,16,22H,14-15H2,1-3H3,(H,26,30)(H,27,31)/t22-/m0/s1. The number of ether oxygens (including phenoxy) is 1. The minimum Gasteiger partial charge on any atom is -0.467 e. The second-order valence-electron chi connectivity index (χ2n) is 8.01. The van der Waals surface area contributed by atoms with E-state index in [1.807, 2.05) is 0 Å². The Balaban J connectivity index is 1.60. The number of hydrogen-bond acceptors (Lipinski definition) is 7. The second kappa shape index (κ2) is 11.7. The van der Waals surface area contributed by atoms with Crippen molar-refractivity contribution in [3.63, 3.8) is 0 Å². The zero-order valence-electron chi connectivity index (χ0n) is 19.6. The summed E-state index contributed by atoms with van der Waals surface area (Å²) in [7, 11) is 1.48. The van der Waals surface area contributed by atoms with E-state index in [4.69, 9.17) is 13.6 Å². The van der Waals surface area contributed by atoms with E-state index in [1.54, 1.807) is 56.3 Å². The Morgan fingerprint density at radius 1 is 0.943 bits per heavy atom. The first-order valence-electron chi connectivity index (χ1n) is 10.9. The predicted octanol–water partition coefficient (Wildman–Crippen LogP) is 2.76. The molecule has 1 atom stereocenters. The fraction of sp³-hybridized carbons (Fsp3) is 0.280. The fourth-order valence-corrected chi connectivity index (χ4v) is 3.21. The lowest BCUT2D eigenvalue weighted by Gasteiger charge is -2.22. The van der Waals surface area contributed by atoms with Gasteiger partial charge < -0.3 is 29.1 Å². The van der Waals surface area contributed by atoms with E-state index in [2.05, 4.69) is 10.6 Å². The van der Waals surface area contributed by atoms with Gasteiger partial charge in [-0.25, -0.2) is 4.79 Å². The molecule has 0 fully saturated rings. The summed E-state index contributed by atoms with van der Waals surface area (Å²) >= 11 is 0. The number of nitrogens with one attached hydrogen (secondary N) is 2. The molecule has 0 spiro atoms. The smallest absolute Gasteiger partial charge is 0.329 e. The molecule has 0 aliphatic heterocycles. The van der Waals surface area contributed by atoms with Crippen LogP contribution in [0, 0.1) is 5.92 Å². The van der Waals surface area contributed by atoms with Crippen molar-refractivity contribution in [2.75, 3.05) is 18.6 Å². The molecule has 0 aliphatic rings. The van der Waals surface area contributed by atoms with Crippen molar-refractivity contribution >= 4 is 29.4 Å². The summed E-state index contributed by atoms with van der Waals surface area (Å²) in [4.78, 5) is 51.6. The third-order valence-electron chi connectivity index (χ3n) is 5.18. The number of esters is 1. The molecule has 0 radical (unpaired) electrons. The molecular formula is C25H27N3O7. The Bertz CT molecular complexity index is 1150. The van der Waals surface area contributed by atoms with Crippen molar-refractivity contribution in [1.82, 2.24) is 10.6 Å². The van der Waals surface area contributed by atoms with E-state index in [-0.39, 0.29) is 23.8 Å². The molecule has 2 heterocycles. The SMILES string of the molecule is CC(C)[C@H](NC(=O)c1ccco1)C(=O)OCC(=O)N(C)c1ccccc1C(=O)NCc1ccco1. The molecular weight excluding hydrogens is 454 g/mol. The van der Waals surface area contributed by atoms with Crippen LogP contribution in [0.25, 0.3) is 0 Å². The number of nitrogens with zero attached hydrogens (tertiary/aromatic N) is 1. The molecule has 10 nitrogen and oxygen atoms in total. The molecule has 0 aliphatic carbocycles. The normalized spacial score (nSPS) is 11.5. The largest absolute Gasteiger partial charge is 0.467 e. The Morgan fingerprint density at radius 3 is 2.31 bits per heavy atom. The van der Waals surface area contributed by atoms with Gasteiger partial charge in [-0.15, -0.1) is 0 Å². The Labute approximate surface area is 202 Å². The first-order chi connectivity index (χ1) is 16.8. The number of para-hydroxylation sites is 1. The number of amides is 3. The van der Waals surface area contributed by atoms with Gasteiger partial charge in [-0.2, -0.15) is 0 Å². The van der Waals surface area contributed by atoms with Crippen LogP contribution < -0.4 is 15.5 Å². The molecule has 3 rings (SSSR count). The van der Waals surface area contributed by atoms with Crippen LogP contribution in [0.3, 0.4) is 0 Å². The Morgan fingerprint density at radius 2 is 1.66 bits per heavy atom. The average molecular weight is 482 g/mol. The van der Waals surface area contributed by atoms with Crippen LogP contribution in [0.2, 0.25) is 0 Å².